The van der Waals surface area contributed by atoms with E-state index >= 15 is 0 Å². The van der Waals surface area contributed by atoms with Crippen LogP contribution in [0.1, 0.15) is 47.2 Å². The van der Waals surface area contributed by atoms with E-state index in [9.17, 15) is 14.4 Å². The molecule has 0 aromatic heterocycles. The van der Waals surface area contributed by atoms with Gasteiger partial charge in [0.2, 0.25) is 0 Å². The summed E-state index contributed by atoms with van der Waals surface area (Å²) in [4.78, 5) is 43.3. The van der Waals surface area contributed by atoms with E-state index in [-0.39, 0.29) is 37.0 Å². The van der Waals surface area contributed by atoms with Crippen LogP contribution in [0.15, 0.2) is 42.5 Å². The fourth-order valence-corrected chi connectivity index (χ4v) is 5.04. The fraction of sp³-hybridized carbons (Fsp3) is 0.444. The first-order valence-corrected chi connectivity index (χ1v) is 12.4. The van der Waals surface area contributed by atoms with E-state index in [0.29, 0.717) is 17.0 Å². The van der Waals surface area contributed by atoms with Crippen LogP contribution in [-0.2, 0) is 4.79 Å². The topological polar surface area (TPSA) is 117 Å². The van der Waals surface area contributed by atoms with Crippen molar-refractivity contribution < 1.29 is 19.1 Å². The van der Waals surface area contributed by atoms with Gasteiger partial charge in [-0.3, -0.25) is 14.5 Å². The van der Waals surface area contributed by atoms with Crippen LogP contribution < -0.4 is 21.1 Å². The molecule has 1 aliphatic heterocycles. The monoisotopic (exact) mass is 493 g/mol. The summed E-state index contributed by atoms with van der Waals surface area (Å²) in [5.74, 6) is -0.148. The van der Waals surface area contributed by atoms with Crippen molar-refractivity contribution in [3.63, 3.8) is 0 Å². The van der Waals surface area contributed by atoms with Gasteiger partial charge in [0, 0.05) is 36.4 Å². The summed E-state index contributed by atoms with van der Waals surface area (Å²) < 4.78 is 5.26. The predicted molar refractivity (Wildman–Crippen MR) is 138 cm³/mol. The third kappa shape index (κ3) is 5.79. The van der Waals surface area contributed by atoms with E-state index in [1.54, 1.807) is 24.3 Å². The lowest BCUT2D eigenvalue weighted by Gasteiger charge is -2.32. The van der Waals surface area contributed by atoms with Crippen LogP contribution in [0.2, 0.25) is 0 Å². The number of hydrogen-bond acceptors (Lipinski definition) is 5. The molecule has 4 amide bonds. The molecule has 1 aliphatic carbocycles. The SMILES string of the molecule is COc1cccc(C(=O)N2CCN(C(=O)Nc3cc(C)cc(C)c3)C2C(=O)NC2CCC(N)CC2)c1. The fourth-order valence-electron chi connectivity index (χ4n) is 5.04. The Balaban J connectivity index is 1.57. The lowest BCUT2D eigenvalue weighted by Crippen LogP contribution is -2.56. The van der Waals surface area contributed by atoms with Crippen LogP contribution in [0.25, 0.3) is 0 Å². The van der Waals surface area contributed by atoms with Crippen molar-refractivity contribution in [3.8, 4) is 5.75 Å². The molecule has 192 valence electrons. The van der Waals surface area contributed by atoms with Crippen LogP contribution >= 0.6 is 0 Å². The molecule has 9 nitrogen and oxygen atoms in total. The maximum Gasteiger partial charge on any atom is 0.323 e. The minimum Gasteiger partial charge on any atom is -0.497 e. The van der Waals surface area contributed by atoms with Gasteiger partial charge in [-0.2, -0.15) is 0 Å². The number of hydrogen-bond donors (Lipinski definition) is 3. The van der Waals surface area contributed by atoms with E-state index in [4.69, 9.17) is 10.5 Å². The summed E-state index contributed by atoms with van der Waals surface area (Å²) in [5.41, 5.74) is 9.10. The molecule has 2 aliphatic rings. The Morgan fingerprint density at radius 3 is 2.28 bits per heavy atom. The zero-order chi connectivity index (χ0) is 25.8. The van der Waals surface area contributed by atoms with Crippen molar-refractivity contribution in [3.05, 3.63) is 59.2 Å². The molecule has 1 atom stereocenters. The second-order valence-electron chi connectivity index (χ2n) is 9.72. The molecule has 2 fully saturated rings. The molecular weight excluding hydrogens is 458 g/mol. The summed E-state index contributed by atoms with van der Waals surface area (Å²) in [5, 5.41) is 5.98. The molecule has 2 aromatic carbocycles. The molecule has 0 radical (unpaired) electrons. The molecule has 36 heavy (non-hydrogen) atoms. The number of benzene rings is 2. The average Bonchev–Trinajstić information content (AvgIpc) is 3.30. The largest absolute Gasteiger partial charge is 0.497 e. The van der Waals surface area contributed by atoms with Gasteiger partial charge in [0.1, 0.15) is 5.75 Å². The van der Waals surface area contributed by atoms with E-state index in [1.807, 2.05) is 32.0 Å². The molecule has 1 heterocycles. The molecule has 1 saturated heterocycles. The number of nitrogens with one attached hydrogen (secondary N) is 2. The Kier molecular flexibility index (Phi) is 7.79. The zero-order valence-corrected chi connectivity index (χ0v) is 21.1. The molecule has 0 spiro atoms. The number of nitrogens with zero attached hydrogens (tertiary/aromatic N) is 2. The standard InChI is InChI=1S/C27H35N5O4/c1-17-13-18(2)15-22(14-17)30-27(35)32-12-11-31(26(34)19-5-4-6-23(16-19)36-3)25(32)24(33)29-21-9-7-20(28)8-10-21/h4-6,13-16,20-21,25H,7-12,28H2,1-3H3,(H,29,33)(H,30,35). The van der Waals surface area contributed by atoms with Gasteiger partial charge < -0.3 is 26.0 Å². The Hall–Kier alpha value is -3.59. The number of nitrogens with two attached hydrogens (primary N) is 1. The minimum absolute atomic E-state index is 0.0315. The van der Waals surface area contributed by atoms with Crippen molar-refractivity contribution in [2.24, 2.45) is 5.73 Å². The van der Waals surface area contributed by atoms with Crippen molar-refractivity contribution in [2.45, 2.75) is 57.8 Å². The number of anilines is 1. The summed E-state index contributed by atoms with van der Waals surface area (Å²) in [6.45, 7) is 4.39. The van der Waals surface area contributed by atoms with Crippen molar-refractivity contribution >= 4 is 23.5 Å². The third-order valence-electron chi connectivity index (χ3n) is 6.84. The Morgan fingerprint density at radius 1 is 0.944 bits per heavy atom. The lowest BCUT2D eigenvalue weighted by atomic mass is 9.92. The molecule has 4 N–H and O–H groups in total. The van der Waals surface area contributed by atoms with Crippen molar-refractivity contribution in [2.75, 3.05) is 25.5 Å². The predicted octanol–water partition coefficient (Wildman–Crippen LogP) is 3.01. The first-order valence-electron chi connectivity index (χ1n) is 12.4. The number of ether oxygens (including phenoxy) is 1. The van der Waals surface area contributed by atoms with Crippen molar-refractivity contribution in [1.82, 2.24) is 15.1 Å². The molecular formula is C27H35N5O4. The summed E-state index contributed by atoms with van der Waals surface area (Å²) in [6.07, 6.45) is 2.15. The number of carbonyl (C=O) groups excluding carboxylic acids is 3. The molecule has 1 saturated carbocycles. The van der Waals surface area contributed by atoms with E-state index in [0.717, 1.165) is 36.8 Å². The average molecular weight is 494 g/mol. The highest BCUT2D eigenvalue weighted by Gasteiger charge is 2.43. The summed E-state index contributed by atoms with van der Waals surface area (Å²) in [7, 11) is 1.53. The third-order valence-corrected chi connectivity index (χ3v) is 6.84. The molecule has 9 heteroatoms. The lowest BCUT2D eigenvalue weighted by molar-refractivity contribution is -0.128. The number of urea groups is 1. The quantitative estimate of drug-likeness (QED) is 0.592. The molecule has 0 bridgehead atoms. The van der Waals surface area contributed by atoms with E-state index in [1.165, 1.54) is 16.9 Å². The Labute approximate surface area is 212 Å². The molecule has 2 aromatic rings. The first-order chi connectivity index (χ1) is 17.2. The van der Waals surface area contributed by atoms with Crippen LogP contribution in [-0.4, -0.2) is 66.1 Å². The number of methoxy groups -OCH3 is 1. The summed E-state index contributed by atoms with van der Waals surface area (Å²) >= 11 is 0. The smallest absolute Gasteiger partial charge is 0.323 e. The van der Waals surface area contributed by atoms with Gasteiger partial charge in [0.25, 0.3) is 11.8 Å². The maximum absolute atomic E-state index is 13.6. The van der Waals surface area contributed by atoms with Crippen molar-refractivity contribution in [1.29, 1.82) is 0 Å². The van der Waals surface area contributed by atoms with Gasteiger partial charge in [-0.25, -0.2) is 4.79 Å². The second kappa shape index (κ2) is 11.0. The van der Waals surface area contributed by atoms with Gasteiger partial charge in [-0.05, 0) is 81.0 Å². The highest BCUT2D eigenvalue weighted by molar-refractivity contribution is 6.01. The normalized spacial score (nSPS) is 21.7. The van der Waals surface area contributed by atoms with Gasteiger partial charge in [0.15, 0.2) is 6.17 Å². The highest BCUT2D eigenvalue weighted by atomic mass is 16.5. The maximum atomic E-state index is 13.6. The van der Waals surface area contributed by atoms with Gasteiger partial charge in [0.05, 0.1) is 7.11 Å². The second-order valence-corrected chi connectivity index (χ2v) is 9.72. The minimum atomic E-state index is -1.06. The number of rotatable bonds is 5. The number of carbonyl (C=O) groups is 3. The molecule has 1 unspecified atom stereocenters. The van der Waals surface area contributed by atoms with E-state index in [2.05, 4.69) is 10.6 Å². The zero-order valence-electron chi connectivity index (χ0n) is 21.1. The van der Waals surface area contributed by atoms with Gasteiger partial charge >= 0.3 is 6.03 Å². The van der Waals surface area contributed by atoms with Gasteiger partial charge in [-0.15, -0.1) is 0 Å². The number of aryl methyl sites for hydroxylation is 2. The Bertz CT molecular complexity index is 1110. The van der Waals surface area contributed by atoms with Crippen LogP contribution in [0, 0.1) is 13.8 Å². The van der Waals surface area contributed by atoms with Crippen LogP contribution in [0.4, 0.5) is 10.5 Å². The van der Waals surface area contributed by atoms with Crippen LogP contribution in [0.3, 0.4) is 0 Å². The van der Waals surface area contributed by atoms with Crippen LogP contribution in [0.5, 0.6) is 5.75 Å². The Morgan fingerprint density at radius 2 is 1.61 bits per heavy atom. The molecule has 4 rings (SSSR count). The highest BCUT2D eigenvalue weighted by Crippen LogP contribution is 2.24. The van der Waals surface area contributed by atoms with Gasteiger partial charge in [-0.1, -0.05) is 12.1 Å². The summed E-state index contributed by atoms with van der Waals surface area (Å²) in [6, 6.07) is 12.3. The first kappa shape index (κ1) is 25.5. The van der Waals surface area contributed by atoms with E-state index < -0.39 is 12.2 Å². The number of amides is 4.